The maximum Gasteiger partial charge on any atom is 0.343 e. The normalized spacial score (nSPS) is 16.0. The molecule has 2 aromatic rings. The number of nitrogens with zero attached hydrogens (tertiary/aromatic N) is 2. The second kappa shape index (κ2) is 9.94. The molecule has 160 valence electrons. The van der Waals surface area contributed by atoms with Crippen LogP contribution < -0.4 is 4.74 Å². The average molecular weight is 440 g/mol. The molecule has 9 heteroatoms. The highest BCUT2D eigenvalue weighted by molar-refractivity contribution is 8.18. The van der Waals surface area contributed by atoms with E-state index in [0.29, 0.717) is 27.1 Å². The van der Waals surface area contributed by atoms with Crippen molar-refractivity contribution in [3.63, 3.8) is 0 Å². The molecule has 0 aliphatic carbocycles. The van der Waals surface area contributed by atoms with E-state index in [1.54, 1.807) is 55.6 Å². The Hall–Kier alpha value is -3.59. The molecule has 2 aromatic carbocycles. The summed E-state index contributed by atoms with van der Waals surface area (Å²) in [7, 11) is 4.23. The quantitative estimate of drug-likeness (QED) is 0.503. The lowest BCUT2D eigenvalue weighted by Gasteiger charge is -2.07. The van der Waals surface area contributed by atoms with Crippen LogP contribution in [0.2, 0.25) is 0 Å². The molecule has 0 radical (unpaired) electrons. The van der Waals surface area contributed by atoms with Crippen molar-refractivity contribution in [2.45, 2.75) is 0 Å². The highest BCUT2D eigenvalue weighted by atomic mass is 32.2. The van der Waals surface area contributed by atoms with E-state index >= 15 is 0 Å². The van der Waals surface area contributed by atoms with Gasteiger partial charge in [-0.2, -0.15) is 0 Å². The van der Waals surface area contributed by atoms with Crippen LogP contribution in [0.3, 0.4) is 0 Å². The SMILES string of the molecule is COC(=O)COc1cccc(C=C2SC(=Nc3cccc(C(=O)OC)c3)N(C)C2=O)c1. The maximum absolute atomic E-state index is 12.7. The number of methoxy groups -OCH3 is 2. The third-order valence-electron chi connectivity index (χ3n) is 4.24. The molecule has 0 spiro atoms. The van der Waals surface area contributed by atoms with Gasteiger partial charge in [0.05, 0.1) is 30.4 Å². The van der Waals surface area contributed by atoms with Crippen LogP contribution in [0.4, 0.5) is 5.69 Å². The topological polar surface area (TPSA) is 94.5 Å². The van der Waals surface area contributed by atoms with Crippen LogP contribution in [0.25, 0.3) is 6.08 Å². The Bertz CT molecular complexity index is 1080. The van der Waals surface area contributed by atoms with Crippen LogP contribution >= 0.6 is 11.8 Å². The molecule has 1 aliphatic rings. The number of rotatable bonds is 6. The predicted octanol–water partition coefficient (Wildman–Crippen LogP) is 3.26. The number of amidine groups is 1. The Labute approximate surface area is 183 Å². The first-order chi connectivity index (χ1) is 14.9. The van der Waals surface area contributed by atoms with E-state index in [1.807, 2.05) is 6.07 Å². The van der Waals surface area contributed by atoms with E-state index in [-0.39, 0.29) is 12.5 Å². The average Bonchev–Trinajstić information content (AvgIpc) is 3.05. The molecule has 31 heavy (non-hydrogen) atoms. The highest BCUT2D eigenvalue weighted by Crippen LogP contribution is 2.33. The number of likely N-dealkylation sites (N-methyl/N-ethyl adjacent to an activating group) is 1. The van der Waals surface area contributed by atoms with Gasteiger partial charge in [-0.25, -0.2) is 14.6 Å². The molecular formula is C22H20N2O6S. The number of carbonyl (C=O) groups excluding carboxylic acids is 3. The third kappa shape index (κ3) is 5.52. The highest BCUT2D eigenvalue weighted by Gasteiger charge is 2.30. The first-order valence-electron chi connectivity index (χ1n) is 9.15. The molecular weight excluding hydrogens is 420 g/mol. The smallest absolute Gasteiger partial charge is 0.343 e. The van der Waals surface area contributed by atoms with Crippen molar-refractivity contribution >= 4 is 46.5 Å². The van der Waals surface area contributed by atoms with Crippen LogP contribution in [0, 0.1) is 0 Å². The van der Waals surface area contributed by atoms with Crippen molar-refractivity contribution in [2.75, 3.05) is 27.9 Å². The van der Waals surface area contributed by atoms with E-state index in [4.69, 9.17) is 9.47 Å². The Morgan fingerprint density at radius 3 is 2.61 bits per heavy atom. The molecule has 8 nitrogen and oxygen atoms in total. The fourth-order valence-electron chi connectivity index (χ4n) is 2.63. The first kappa shape index (κ1) is 22.1. The number of thioether (sulfide) groups is 1. The molecule has 0 N–H and O–H groups in total. The minimum Gasteiger partial charge on any atom is -0.482 e. The monoisotopic (exact) mass is 440 g/mol. The Balaban J connectivity index is 1.80. The number of esters is 2. The zero-order valence-corrected chi connectivity index (χ0v) is 18.0. The van der Waals surface area contributed by atoms with Gasteiger partial charge in [-0.1, -0.05) is 18.2 Å². The molecule has 0 bridgehead atoms. The van der Waals surface area contributed by atoms with Crippen molar-refractivity contribution in [1.82, 2.24) is 4.90 Å². The summed E-state index contributed by atoms with van der Waals surface area (Å²) in [5, 5.41) is 0.483. The van der Waals surface area contributed by atoms with Gasteiger partial charge in [-0.05, 0) is 53.7 Å². The summed E-state index contributed by atoms with van der Waals surface area (Å²) in [5.74, 6) is -0.657. The molecule has 0 atom stereocenters. The van der Waals surface area contributed by atoms with Crippen molar-refractivity contribution in [2.24, 2.45) is 4.99 Å². The minimum absolute atomic E-state index is 0.200. The molecule has 0 saturated carbocycles. The van der Waals surface area contributed by atoms with Crippen molar-refractivity contribution in [3.05, 3.63) is 64.6 Å². The molecule has 1 aliphatic heterocycles. The van der Waals surface area contributed by atoms with Crippen molar-refractivity contribution in [1.29, 1.82) is 0 Å². The molecule has 0 aromatic heterocycles. The van der Waals surface area contributed by atoms with Gasteiger partial charge in [0.1, 0.15) is 5.75 Å². The molecule has 1 amide bonds. The zero-order valence-electron chi connectivity index (χ0n) is 17.2. The zero-order chi connectivity index (χ0) is 22.4. The summed E-state index contributed by atoms with van der Waals surface area (Å²) in [6, 6.07) is 13.7. The summed E-state index contributed by atoms with van der Waals surface area (Å²) >= 11 is 1.22. The van der Waals surface area contributed by atoms with Crippen LogP contribution in [0.5, 0.6) is 5.75 Å². The Morgan fingerprint density at radius 1 is 1.10 bits per heavy atom. The first-order valence-corrected chi connectivity index (χ1v) is 9.97. The van der Waals surface area contributed by atoms with E-state index in [2.05, 4.69) is 9.73 Å². The van der Waals surface area contributed by atoms with E-state index in [1.165, 1.54) is 30.9 Å². The van der Waals surface area contributed by atoms with Crippen LogP contribution in [0.1, 0.15) is 15.9 Å². The third-order valence-corrected chi connectivity index (χ3v) is 5.30. The Morgan fingerprint density at radius 2 is 1.87 bits per heavy atom. The van der Waals surface area contributed by atoms with Gasteiger partial charge in [0, 0.05) is 7.05 Å². The Kier molecular flexibility index (Phi) is 7.09. The largest absolute Gasteiger partial charge is 0.482 e. The number of amides is 1. The molecule has 1 saturated heterocycles. The number of hydrogen-bond donors (Lipinski definition) is 0. The molecule has 0 unspecified atom stereocenters. The number of hydrogen-bond acceptors (Lipinski definition) is 8. The van der Waals surface area contributed by atoms with Crippen LogP contribution in [-0.4, -0.2) is 55.8 Å². The second-order valence-electron chi connectivity index (χ2n) is 6.35. The molecule has 1 fully saturated rings. The number of ether oxygens (including phenoxy) is 3. The molecule has 3 rings (SSSR count). The van der Waals surface area contributed by atoms with Crippen molar-refractivity contribution in [3.8, 4) is 5.75 Å². The van der Waals surface area contributed by atoms with Gasteiger partial charge in [0.2, 0.25) is 0 Å². The van der Waals surface area contributed by atoms with E-state index in [0.717, 1.165) is 5.56 Å². The lowest BCUT2D eigenvalue weighted by molar-refractivity contribution is -0.142. The standard InChI is InChI=1S/C22H20N2O6S/c1-24-20(26)18(11-14-6-4-9-17(10-14)30-13-19(25)28-2)31-22(24)23-16-8-5-7-15(12-16)21(27)29-3/h4-12H,13H2,1-3H3. The minimum atomic E-state index is -0.482. The number of carbonyl (C=O) groups is 3. The lowest BCUT2D eigenvalue weighted by Crippen LogP contribution is -2.23. The van der Waals surface area contributed by atoms with Gasteiger partial charge >= 0.3 is 11.9 Å². The van der Waals surface area contributed by atoms with Gasteiger partial charge in [0.25, 0.3) is 5.91 Å². The van der Waals surface area contributed by atoms with Crippen LogP contribution in [-0.2, 0) is 19.1 Å². The fourth-order valence-corrected chi connectivity index (χ4v) is 3.62. The number of aliphatic imine (C=N–C) groups is 1. The van der Waals surface area contributed by atoms with Crippen molar-refractivity contribution < 1.29 is 28.6 Å². The summed E-state index contributed by atoms with van der Waals surface area (Å²) in [5.41, 5.74) is 1.64. The summed E-state index contributed by atoms with van der Waals surface area (Å²) in [6.07, 6.45) is 1.72. The lowest BCUT2D eigenvalue weighted by atomic mass is 10.2. The molecule has 1 heterocycles. The summed E-state index contributed by atoms with van der Waals surface area (Å²) in [4.78, 5) is 42.0. The summed E-state index contributed by atoms with van der Waals surface area (Å²) < 4.78 is 14.7. The van der Waals surface area contributed by atoms with E-state index in [9.17, 15) is 14.4 Å². The van der Waals surface area contributed by atoms with Crippen LogP contribution in [0.15, 0.2) is 58.4 Å². The second-order valence-corrected chi connectivity index (χ2v) is 7.36. The van der Waals surface area contributed by atoms with Gasteiger partial charge in [-0.15, -0.1) is 0 Å². The fraction of sp³-hybridized carbons (Fsp3) is 0.182. The predicted molar refractivity (Wildman–Crippen MR) is 117 cm³/mol. The number of benzene rings is 2. The van der Waals surface area contributed by atoms with Gasteiger partial charge in [-0.3, -0.25) is 9.69 Å². The van der Waals surface area contributed by atoms with Gasteiger partial charge < -0.3 is 14.2 Å². The van der Waals surface area contributed by atoms with E-state index < -0.39 is 11.9 Å². The van der Waals surface area contributed by atoms with Gasteiger partial charge in [0.15, 0.2) is 11.8 Å². The maximum atomic E-state index is 12.7. The summed E-state index contributed by atoms with van der Waals surface area (Å²) in [6.45, 7) is -0.200.